The van der Waals surface area contributed by atoms with Gasteiger partial charge in [0.2, 0.25) is 0 Å². The second-order valence-electron chi connectivity index (χ2n) is 2.13. The monoisotopic (exact) mass is 210 g/mol. The van der Waals surface area contributed by atoms with Crippen LogP contribution in [0.1, 0.15) is 19.8 Å². The van der Waals surface area contributed by atoms with Gasteiger partial charge in [0.25, 0.3) is 5.97 Å². The van der Waals surface area contributed by atoms with E-state index in [1.165, 1.54) is 0 Å². The molecule has 0 heterocycles. The van der Waals surface area contributed by atoms with Crippen molar-refractivity contribution in [1.82, 2.24) is 0 Å². The van der Waals surface area contributed by atoms with Crippen molar-refractivity contribution < 1.29 is 24.2 Å². The van der Waals surface area contributed by atoms with Crippen molar-refractivity contribution in [2.24, 2.45) is 0 Å². The Labute approximate surface area is 87.4 Å². The average Bonchev–Trinajstić information content (AvgIpc) is 2.03. The molecule has 80 valence electrons. The zero-order chi connectivity index (χ0) is 12.3. The molecule has 0 fully saturated rings. The summed E-state index contributed by atoms with van der Waals surface area (Å²) in [6, 6.07) is 0. The Morgan fingerprint density at radius 3 is 1.60 bits per heavy atom. The van der Waals surface area contributed by atoms with E-state index in [2.05, 4.69) is 4.74 Å². The zero-order valence-corrected chi connectivity index (χ0v) is 8.15. The average molecular weight is 210 g/mol. The summed E-state index contributed by atoms with van der Waals surface area (Å²) >= 11 is 0. The van der Waals surface area contributed by atoms with Crippen LogP contribution < -0.4 is 0 Å². The maximum Gasteiger partial charge on any atom is 0.325 e. The van der Waals surface area contributed by atoms with Crippen LogP contribution >= 0.6 is 0 Å². The molecule has 0 amide bonds. The highest BCUT2D eigenvalue weighted by Crippen LogP contribution is 1.88. The number of terminal acetylenes is 2. The van der Waals surface area contributed by atoms with Crippen molar-refractivity contribution >= 4 is 17.9 Å². The number of carboxylic acid groups (broad SMARTS) is 1. The number of carbonyl (C=O) groups is 3. The Kier molecular flexibility index (Phi) is 9.95. The van der Waals surface area contributed by atoms with Crippen LogP contribution in [0, 0.1) is 24.7 Å². The molecular formula is C10H10O5. The number of hydrogen-bond donors (Lipinski definition) is 1. The lowest BCUT2D eigenvalue weighted by Gasteiger charge is -1.94. The van der Waals surface area contributed by atoms with E-state index in [1.54, 1.807) is 0 Å². The van der Waals surface area contributed by atoms with E-state index in [-0.39, 0.29) is 12.8 Å². The summed E-state index contributed by atoms with van der Waals surface area (Å²) < 4.78 is 4.17. The quantitative estimate of drug-likeness (QED) is 0.400. The van der Waals surface area contributed by atoms with Gasteiger partial charge in [0, 0.05) is 6.92 Å². The highest BCUT2D eigenvalue weighted by atomic mass is 16.6. The van der Waals surface area contributed by atoms with E-state index < -0.39 is 17.9 Å². The minimum absolute atomic E-state index is 0.212. The van der Waals surface area contributed by atoms with Gasteiger partial charge in [0.05, 0.1) is 0 Å². The van der Waals surface area contributed by atoms with Crippen LogP contribution in [0.4, 0.5) is 0 Å². The van der Waals surface area contributed by atoms with Gasteiger partial charge in [-0.2, -0.15) is 0 Å². The van der Waals surface area contributed by atoms with Crippen molar-refractivity contribution in [2.75, 3.05) is 0 Å². The summed E-state index contributed by atoms with van der Waals surface area (Å²) in [7, 11) is 0. The Morgan fingerprint density at radius 2 is 1.40 bits per heavy atom. The molecule has 0 bridgehead atoms. The number of ether oxygens (including phenoxy) is 1. The lowest BCUT2D eigenvalue weighted by Crippen LogP contribution is -2.10. The van der Waals surface area contributed by atoms with Crippen LogP contribution in [0.3, 0.4) is 0 Å². The zero-order valence-electron chi connectivity index (χ0n) is 8.15. The van der Waals surface area contributed by atoms with Gasteiger partial charge in [-0.25, -0.2) is 0 Å². The Balaban J connectivity index is 0. The number of esters is 2. The number of aliphatic carboxylic acids is 1. The van der Waals surface area contributed by atoms with E-state index in [0.29, 0.717) is 0 Å². The number of carbonyl (C=O) groups excluding carboxylic acids is 2. The molecule has 0 atom stereocenters. The first-order valence-corrected chi connectivity index (χ1v) is 3.74. The lowest BCUT2D eigenvalue weighted by atomic mass is 10.4. The van der Waals surface area contributed by atoms with E-state index in [1.807, 2.05) is 11.8 Å². The highest BCUT2D eigenvalue weighted by molar-refractivity contribution is 5.87. The lowest BCUT2D eigenvalue weighted by molar-refractivity contribution is -0.158. The molecule has 0 aromatic heterocycles. The van der Waals surface area contributed by atoms with Gasteiger partial charge in [-0.15, -0.1) is 12.8 Å². The molecule has 5 nitrogen and oxygen atoms in total. The van der Waals surface area contributed by atoms with E-state index in [0.717, 1.165) is 6.92 Å². The topological polar surface area (TPSA) is 80.7 Å². The van der Waals surface area contributed by atoms with Gasteiger partial charge in [0.15, 0.2) is 0 Å². The number of rotatable bonds is 2. The van der Waals surface area contributed by atoms with E-state index in [9.17, 15) is 9.59 Å². The van der Waals surface area contributed by atoms with Crippen LogP contribution in [0.25, 0.3) is 0 Å². The third-order valence-electron chi connectivity index (χ3n) is 0.720. The van der Waals surface area contributed by atoms with Crippen molar-refractivity contribution in [3.8, 4) is 24.7 Å². The molecule has 0 aliphatic rings. The Bertz CT molecular complexity index is 286. The fourth-order valence-electron chi connectivity index (χ4n) is 0.366. The largest absolute Gasteiger partial charge is 0.481 e. The molecule has 0 aliphatic heterocycles. The molecule has 0 radical (unpaired) electrons. The Morgan fingerprint density at radius 1 is 1.13 bits per heavy atom. The molecule has 1 N–H and O–H groups in total. The maximum absolute atomic E-state index is 10.5. The third-order valence-corrected chi connectivity index (χ3v) is 0.720. The second kappa shape index (κ2) is 9.82. The SMILES string of the molecule is C#CCC(=O)OC(=O)CC#C.CC(=O)O. The molecule has 0 saturated carbocycles. The van der Waals surface area contributed by atoms with Crippen molar-refractivity contribution in [3.05, 3.63) is 0 Å². The first-order chi connectivity index (χ1) is 6.93. The normalized spacial score (nSPS) is 7.13. The fourth-order valence-corrected chi connectivity index (χ4v) is 0.366. The van der Waals surface area contributed by atoms with Crippen LogP contribution in [0.2, 0.25) is 0 Å². The molecule has 0 aliphatic carbocycles. The predicted octanol–water partition coefficient (Wildman–Crippen LogP) is 0.194. The van der Waals surface area contributed by atoms with Crippen LogP contribution in [0.5, 0.6) is 0 Å². The molecule has 15 heavy (non-hydrogen) atoms. The summed E-state index contributed by atoms with van der Waals surface area (Å²) in [5.41, 5.74) is 0. The minimum atomic E-state index is -0.833. The first-order valence-electron chi connectivity index (χ1n) is 3.74. The third kappa shape index (κ3) is 18.6. The number of hydrogen-bond acceptors (Lipinski definition) is 4. The van der Waals surface area contributed by atoms with Gasteiger partial charge in [-0.1, -0.05) is 11.8 Å². The summed E-state index contributed by atoms with van der Waals surface area (Å²) in [6.07, 6.45) is 9.13. The van der Waals surface area contributed by atoms with E-state index in [4.69, 9.17) is 22.7 Å². The molecule has 5 heteroatoms. The van der Waals surface area contributed by atoms with E-state index >= 15 is 0 Å². The summed E-state index contributed by atoms with van der Waals surface area (Å²) in [6.45, 7) is 1.08. The van der Waals surface area contributed by atoms with Gasteiger partial charge < -0.3 is 9.84 Å². The van der Waals surface area contributed by atoms with Gasteiger partial charge in [0.1, 0.15) is 12.8 Å². The highest BCUT2D eigenvalue weighted by Gasteiger charge is 2.06. The first kappa shape index (κ1) is 15.2. The van der Waals surface area contributed by atoms with Crippen LogP contribution in [0.15, 0.2) is 0 Å². The van der Waals surface area contributed by atoms with Gasteiger partial charge in [-0.05, 0) is 0 Å². The van der Waals surface area contributed by atoms with Crippen molar-refractivity contribution in [2.45, 2.75) is 19.8 Å². The van der Waals surface area contributed by atoms with Gasteiger partial charge >= 0.3 is 11.9 Å². The minimum Gasteiger partial charge on any atom is -0.481 e. The molecule has 0 aromatic rings. The molecule has 0 spiro atoms. The molecule has 0 rings (SSSR count). The summed E-state index contributed by atoms with van der Waals surface area (Å²) in [5, 5.41) is 7.42. The molecular weight excluding hydrogens is 200 g/mol. The van der Waals surface area contributed by atoms with Crippen molar-refractivity contribution in [3.63, 3.8) is 0 Å². The fraction of sp³-hybridized carbons (Fsp3) is 0.300. The molecule has 0 unspecified atom stereocenters. The summed E-state index contributed by atoms with van der Waals surface area (Å²) in [5.74, 6) is 1.75. The second-order valence-corrected chi connectivity index (χ2v) is 2.13. The standard InChI is InChI=1S/C8H6O3.C2H4O2/c1-3-5-7(9)11-8(10)6-4-2;1-2(3)4/h1-2H,5-6H2;1H3,(H,3,4). The molecule has 0 aromatic carbocycles. The smallest absolute Gasteiger partial charge is 0.325 e. The van der Waals surface area contributed by atoms with Gasteiger partial charge in [-0.3, -0.25) is 14.4 Å². The van der Waals surface area contributed by atoms with Crippen molar-refractivity contribution in [1.29, 1.82) is 0 Å². The predicted molar refractivity (Wildman–Crippen MR) is 51.3 cm³/mol. The van der Waals surface area contributed by atoms with Crippen LogP contribution in [-0.4, -0.2) is 23.0 Å². The Hall–Kier alpha value is -2.27. The van der Waals surface area contributed by atoms with Crippen LogP contribution in [-0.2, 0) is 19.1 Å². The maximum atomic E-state index is 10.5. The summed E-state index contributed by atoms with van der Waals surface area (Å²) in [4.78, 5) is 29.9. The molecule has 0 saturated heterocycles. The number of carboxylic acids is 1.